The summed E-state index contributed by atoms with van der Waals surface area (Å²) in [7, 11) is -1.62. The summed E-state index contributed by atoms with van der Waals surface area (Å²) < 4.78 is 35.1. The minimum Gasteiger partial charge on any atom is -0.411 e. The monoisotopic (exact) mass is 474 g/mol. The number of thioether (sulfide) groups is 1. The van der Waals surface area contributed by atoms with Crippen LogP contribution >= 0.6 is 11.8 Å². The van der Waals surface area contributed by atoms with E-state index in [0.29, 0.717) is 24.2 Å². The van der Waals surface area contributed by atoms with E-state index >= 15 is 0 Å². The highest BCUT2D eigenvalue weighted by atomic mass is 32.2. The van der Waals surface area contributed by atoms with Crippen molar-refractivity contribution in [2.75, 3.05) is 18.8 Å². The summed E-state index contributed by atoms with van der Waals surface area (Å²) in [6.07, 6.45) is 2.81. The van der Waals surface area contributed by atoms with E-state index in [0.717, 1.165) is 30.7 Å². The van der Waals surface area contributed by atoms with Crippen molar-refractivity contribution in [3.63, 3.8) is 0 Å². The summed E-state index contributed by atoms with van der Waals surface area (Å²) >= 11 is 1.17. The Morgan fingerprint density at radius 1 is 1.12 bits per heavy atom. The molecule has 1 aromatic carbocycles. The number of benzene rings is 1. The molecule has 0 aliphatic carbocycles. The average molecular weight is 475 g/mol. The maximum absolute atomic E-state index is 13.0. The van der Waals surface area contributed by atoms with Crippen molar-refractivity contribution in [1.82, 2.24) is 19.1 Å². The first-order valence-electron chi connectivity index (χ1n) is 10.5. The smallest absolute Gasteiger partial charge is 0.277 e. The summed E-state index contributed by atoms with van der Waals surface area (Å²) in [4.78, 5) is 12.8. The lowest BCUT2D eigenvalue weighted by Crippen LogP contribution is -2.35. The molecule has 2 aromatic heterocycles. The number of hydrogen-bond acceptors (Lipinski definition) is 7. The predicted octanol–water partition coefficient (Wildman–Crippen LogP) is 3.84. The van der Waals surface area contributed by atoms with Crippen LogP contribution in [0.5, 0.6) is 0 Å². The zero-order valence-electron chi connectivity index (χ0n) is 18.4. The van der Waals surface area contributed by atoms with Gasteiger partial charge in [0.15, 0.2) is 5.78 Å². The maximum atomic E-state index is 13.0. The second-order valence-corrected chi connectivity index (χ2v) is 10.8. The van der Waals surface area contributed by atoms with Crippen LogP contribution in [0.4, 0.5) is 0 Å². The highest BCUT2D eigenvalue weighted by Crippen LogP contribution is 2.28. The third-order valence-electron chi connectivity index (χ3n) is 5.84. The van der Waals surface area contributed by atoms with Gasteiger partial charge in [0.2, 0.25) is 15.9 Å². The lowest BCUT2D eigenvalue weighted by Gasteiger charge is -2.25. The first kappa shape index (κ1) is 22.8. The molecule has 1 fully saturated rings. The van der Waals surface area contributed by atoms with E-state index in [1.54, 1.807) is 24.3 Å². The summed E-state index contributed by atoms with van der Waals surface area (Å²) in [6.45, 7) is 4.96. The summed E-state index contributed by atoms with van der Waals surface area (Å²) in [5.41, 5.74) is 3.16. The van der Waals surface area contributed by atoms with E-state index in [-0.39, 0.29) is 27.5 Å². The number of aryl methyl sites for hydroxylation is 1. The van der Waals surface area contributed by atoms with Crippen LogP contribution in [0, 0.1) is 13.8 Å². The largest absolute Gasteiger partial charge is 0.411 e. The number of aromatic nitrogens is 3. The summed E-state index contributed by atoms with van der Waals surface area (Å²) in [6, 6.07) is 8.44. The van der Waals surface area contributed by atoms with Crippen molar-refractivity contribution in [1.29, 1.82) is 0 Å². The van der Waals surface area contributed by atoms with Crippen LogP contribution in [0.25, 0.3) is 11.5 Å². The SMILES string of the molecule is Cc1cc(C(=O)CSc2nnc(-c3cccc(S(=O)(=O)N4CCCCC4)c3)o2)c(C)n1C. The quantitative estimate of drug-likeness (QED) is 0.379. The van der Waals surface area contributed by atoms with Gasteiger partial charge in [0.05, 0.1) is 10.6 Å². The van der Waals surface area contributed by atoms with E-state index in [2.05, 4.69) is 10.2 Å². The fourth-order valence-corrected chi connectivity index (χ4v) is 5.98. The molecule has 4 rings (SSSR count). The molecule has 170 valence electrons. The molecule has 0 N–H and O–H groups in total. The summed E-state index contributed by atoms with van der Waals surface area (Å²) in [5.74, 6) is 0.392. The molecule has 0 saturated carbocycles. The first-order chi connectivity index (χ1) is 15.3. The Morgan fingerprint density at radius 2 is 1.88 bits per heavy atom. The molecule has 0 radical (unpaired) electrons. The van der Waals surface area contributed by atoms with Crippen molar-refractivity contribution < 1.29 is 17.6 Å². The van der Waals surface area contributed by atoms with Crippen LogP contribution in [-0.4, -0.2) is 52.1 Å². The molecule has 3 heterocycles. The molecule has 8 nitrogen and oxygen atoms in total. The zero-order valence-corrected chi connectivity index (χ0v) is 20.0. The molecule has 10 heteroatoms. The fourth-order valence-electron chi connectivity index (χ4n) is 3.77. The van der Waals surface area contributed by atoms with Crippen LogP contribution in [0.15, 0.2) is 44.9 Å². The molecular formula is C22H26N4O4S2. The molecule has 0 unspecified atom stereocenters. The van der Waals surface area contributed by atoms with Gasteiger partial charge in [0.1, 0.15) is 0 Å². The van der Waals surface area contributed by atoms with Gasteiger partial charge in [-0.15, -0.1) is 10.2 Å². The standard InChI is InChI=1S/C22H26N4O4S2/c1-15-12-19(16(2)25(15)3)20(27)14-31-22-24-23-21(30-22)17-8-7-9-18(13-17)32(28,29)26-10-5-4-6-11-26/h7-9,12-13H,4-6,10-11,14H2,1-3H3. The molecule has 0 spiro atoms. The number of sulfonamides is 1. The molecule has 0 bridgehead atoms. The minimum absolute atomic E-state index is 0.00873. The number of rotatable bonds is 7. The zero-order chi connectivity index (χ0) is 22.9. The minimum atomic E-state index is -3.55. The molecule has 1 aliphatic heterocycles. The average Bonchev–Trinajstić information content (AvgIpc) is 3.39. The number of hydrogen-bond donors (Lipinski definition) is 0. The number of ketones is 1. The van der Waals surface area contributed by atoms with E-state index in [1.807, 2.05) is 31.5 Å². The highest BCUT2D eigenvalue weighted by Gasteiger charge is 2.26. The molecular weight excluding hydrogens is 448 g/mol. The Labute approximate surface area is 192 Å². The van der Waals surface area contributed by atoms with Gasteiger partial charge in [0.25, 0.3) is 5.22 Å². The van der Waals surface area contributed by atoms with Crippen molar-refractivity contribution >= 4 is 27.6 Å². The number of carbonyl (C=O) groups excluding carboxylic acids is 1. The van der Waals surface area contributed by atoms with E-state index < -0.39 is 10.0 Å². The summed E-state index contributed by atoms with van der Waals surface area (Å²) in [5, 5.41) is 8.33. The predicted molar refractivity (Wildman–Crippen MR) is 122 cm³/mol. The Bertz CT molecular complexity index is 1240. The number of Topliss-reactive ketones (excluding diaryl/α,β-unsaturated/α-hetero) is 1. The van der Waals surface area contributed by atoms with Crippen molar-refractivity contribution in [3.8, 4) is 11.5 Å². The number of carbonyl (C=O) groups is 1. The molecule has 1 saturated heterocycles. The molecule has 3 aromatic rings. The maximum Gasteiger partial charge on any atom is 0.277 e. The molecule has 0 atom stereocenters. The lowest BCUT2D eigenvalue weighted by atomic mass is 10.2. The second kappa shape index (κ2) is 9.21. The van der Waals surface area contributed by atoms with E-state index in [1.165, 1.54) is 16.1 Å². The fraction of sp³-hybridized carbons (Fsp3) is 0.409. The van der Waals surface area contributed by atoms with Crippen molar-refractivity contribution in [2.24, 2.45) is 7.05 Å². The van der Waals surface area contributed by atoms with E-state index in [4.69, 9.17) is 4.42 Å². The first-order valence-corrected chi connectivity index (χ1v) is 12.9. The van der Waals surface area contributed by atoms with Crippen LogP contribution in [-0.2, 0) is 17.1 Å². The number of piperidine rings is 1. The van der Waals surface area contributed by atoms with E-state index in [9.17, 15) is 13.2 Å². The van der Waals surface area contributed by atoms with Crippen LogP contribution in [0.2, 0.25) is 0 Å². The molecule has 0 amide bonds. The van der Waals surface area contributed by atoms with Gasteiger partial charge in [-0.3, -0.25) is 4.79 Å². The Kier molecular flexibility index (Phi) is 6.55. The normalized spacial score (nSPS) is 15.2. The molecule has 1 aliphatic rings. The second-order valence-electron chi connectivity index (χ2n) is 7.92. The van der Waals surface area contributed by atoms with Gasteiger partial charge in [0, 0.05) is 42.7 Å². The Hall–Kier alpha value is -2.43. The third kappa shape index (κ3) is 4.53. The van der Waals surface area contributed by atoms with Crippen LogP contribution < -0.4 is 0 Å². The van der Waals surface area contributed by atoms with Gasteiger partial charge in [-0.25, -0.2) is 8.42 Å². The Balaban J connectivity index is 1.47. The van der Waals surface area contributed by atoms with Gasteiger partial charge in [-0.1, -0.05) is 24.2 Å². The van der Waals surface area contributed by atoms with Gasteiger partial charge in [-0.2, -0.15) is 4.31 Å². The highest BCUT2D eigenvalue weighted by molar-refractivity contribution is 7.99. The lowest BCUT2D eigenvalue weighted by molar-refractivity contribution is 0.102. The third-order valence-corrected chi connectivity index (χ3v) is 8.56. The van der Waals surface area contributed by atoms with Gasteiger partial charge in [-0.05, 0) is 51.0 Å². The van der Waals surface area contributed by atoms with Crippen molar-refractivity contribution in [3.05, 3.63) is 47.3 Å². The van der Waals surface area contributed by atoms with Gasteiger partial charge >= 0.3 is 0 Å². The topological polar surface area (TPSA) is 98.3 Å². The van der Waals surface area contributed by atoms with Crippen molar-refractivity contribution in [2.45, 2.75) is 43.2 Å². The van der Waals surface area contributed by atoms with Crippen LogP contribution in [0.3, 0.4) is 0 Å². The van der Waals surface area contributed by atoms with Crippen LogP contribution in [0.1, 0.15) is 41.0 Å². The number of nitrogens with zero attached hydrogens (tertiary/aromatic N) is 4. The van der Waals surface area contributed by atoms with Gasteiger partial charge < -0.3 is 8.98 Å². The molecule has 32 heavy (non-hydrogen) atoms. The Morgan fingerprint density at radius 3 is 2.56 bits per heavy atom.